The van der Waals surface area contributed by atoms with Crippen LogP contribution in [-0.4, -0.2) is 0 Å². The van der Waals surface area contributed by atoms with Crippen molar-refractivity contribution >= 4 is 0 Å². The monoisotopic (exact) mass is 176 g/mol. The van der Waals surface area contributed by atoms with Crippen LogP contribution in [0, 0.1) is 5.92 Å². The Morgan fingerprint density at radius 1 is 1.31 bits per heavy atom. The summed E-state index contributed by atoms with van der Waals surface area (Å²) in [6.45, 7) is 0. The van der Waals surface area contributed by atoms with Crippen molar-refractivity contribution in [2.75, 3.05) is 0 Å². The van der Waals surface area contributed by atoms with Crippen molar-refractivity contribution in [2.45, 2.75) is 25.3 Å². The van der Waals surface area contributed by atoms with Crippen LogP contribution in [0.15, 0.2) is 30.3 Å². The molecule has 0 heterocycles. The van der Waals surface area contributed by atoms with Gasteiger partial charge in [-0.25, -0.2) is 0 Å². The van der Waals surface area contributed by atoms with E-state index in [0.717, 1.165) is 5.92 Å². The predicted octanol–water partition coefficient (Wildman–Crippen LogP) is 1.99. The summed E-state index contributed by atoms with van der Waals surface area (Å²) < 4.78 is 0. The Morgan fingerprint density at radius 3 is 2.54 bits per heavy atom. The first-order valence-corrected chi connectivity index (χ1v) is 4.91. The van der Waals surface area contributed by atoms with Gasteiger partial charge in [0.1, 0.15) is 0 Å². The van der Waals surface area contributed by atoms with E-state index in [1.54, 1.807) is 0 Å². The second-order valence-electron chi connectivity index (χ2n) is 3.81. The summed E-state index contributed by atoms with van der Waals surface area (Å²) in [5.74, 6) is 6.43. The number of nitrogens with two attached hydrogens (primary N) is 1. The molecule has 13 heavy (non-hydrogen) atoms. The molecule has 0 radical (unpaired) electrons. The smallest absolute Gasteiger partial charge is 0.0462 e. The van der Waals surface area contributed by atoms with Crippen LogP contribution >= 0.6 is 0 Å². The van der Waals surface area contributed by atoms with Crippen molar-refractivity contribution in [3.05, 3.63) is 35.9 Å². The van der Waals surface area contributed by atoms with Gasteiger partial charge in [0.2, 0.25) is 0 Å². The lowest BCUT2D eigenvalue weighted by atomic mass is 10.0. The highest BCUT2D eigenvalue weighted by atomic mass is 15.2. The molecule has 0 aliphatic heterocycles. The number of rotatable bonds is 4. The average molecular weight is 176 g/mol. The molecule has 0 spiro atoms. The average Bonchev–Trinajstić information content (AvgIpc) is 2.99. The molecule has 2 heteroatoms. The van der Waals surface area contributed by atoms with E-state index in [0.29, 0.717) is 6.04 Å². The molecule has 1 aromatic carbocycles. The van der Waals surface area contributed by atoms with E-state index in [2.05, 4.69) is 29.7 Å². The van der Waals surface area contributed by atoms with Crippen molar-refractivity contribution in [1.29, 1.82) is 0 Å². The molecule has 1 aromatic rings. The zero-order valence-electron chi connectivity index (χ0n) is 7.74. The van der Waals surface area contributed by atoms with Gasteiger partial charge >= 0.3 is 0 Å². The van der Waals surface area contributed by atoms with Gasteiger partial charge in [-0.2, -0.15) is 0 Å². The third-order valence-electron chi connectivity index (χ3n) is 2.67. The maximum absolute atomic E-state index is 5.53. The van der Waals surface area contributed by atoms with E-state index in [-0.39, 0.29) is 0 Å². The highest BCUT2D eigenvalue weighted by Crippen LogP contribution is 2.37. The van der Waals surface area contributed by atoms with E-state index < -0.39 is 0 Å². The summed E-state index contributed by atoms with van der Waals surface area (Å²) in [6, 6.07) is 10.8. The molecule has 2 rings (SSSR count). The molecule has 0 saturated heterocycles. The van der Waals surface area contributed by atoms with Gasteiger partial charge in [-0.3, -0.25) is 11.3 Å². The Balaban J connectivity index is 2.02. The molecule has 0 amide bonds. The fraction of sp³-hybridized carbons (Fsp3) is 0.455. The number of hydrazine groups is 1. The Bertz CT molecular complexity index is 254. The van der Waals surface area contributed by atoms with Gasteiger partial charge < -0.3 is 0 Å². The number of benzene rings is 1. The first kappa shape index (κ1) is 8.73. The standard InChI is InChI=1S/C11H16N2/c12-13-11(8-9-6-7-9)10-4-2-1-3-5-10/h1-5,9,11,13H,6-8,12H2. The van der Waals surface area contributed by atoms with Gasteiger partial charge in [-0.05, 0) is 17.9 Å². The number of hydrogen-bond acceptors (Lipinski definition) is 2. The maximum Gasteiger partial charge on any atom is 0.0462 e. The maximum atomic E-state index is 5.53. The third kappa shape index (κ3) is 2.29. The third-order valence-corrected chi connectivity index (χ3v) is 2.67. The summed E-state index contributed by atoms with van der Waals surface area (Å²) in [6.07, 6.45) is 3.94. The van der Waals surface area contributed by atoms with Crippen LogP contribution in [-0.2, 0) is 0 Å². The van der Waals surface area contributed by atoms with Crippen molar-refractivity contribution in [3.63, 3.8) is 0 Å². The number of hydrogen-bond donors (Lipinski definition) is 2. The summed E-state index contributed by atoms with van der Waals surface area (Å²) in [5.41, 5.74) is 4.19. The Morgan fingerprint density at radius 2 is 2.00 bits per heavy atom. The van der Waals surface area contributed by atoms with Gasteiger partial charge in [0.05, 0.1) is 0 Å². The molecule has 1 atom stereocenters. The fourth-order valence-corrected chi connectivity index (χ4v) is 1.67. The lowest BCUT2D eigenvalue weighted by molar-refractivity contribution is 0.487. The largest absolute Gasteiger partial charge is 0.271 e. The van der Waals surface area contributed by atoms with Crippen molar-refractivity contribution in [2.24, 2.45) is 11.8 Å². The zero-order chi connectivity index (χ0) is 9.10. The molecule has 2 nitrogen and oxygen atoms in total. The second kappa shape index (κ2) is 3.90. The topological polar surface area (TPSA) is 38.0 Å². The summed E-state index contributed by atoms with van der Waals surface area (Å²) in [5, 5.41) is 0. The lowest BCUT2D eigenvalue weighted by Gasteiger charge is -2.15. The summed E-state index contributed by atoms with van der Waals surface area (Å²) in [7, 11) is 0. The van der Waals surface area contributed by atoms with Gasteiger partial charge in [0, 0.05) is 6.04 Å². The minimum atomic E-state index is 0.341. The van der Waals surface area contributed by atoms with Gasteiger partial charge in [-0.1, -0.05) is 43.2 Å². The first-order chi connectivity index (χ1) is 6.40. The van der Waals surface area contributed by atoms with E-state index in [9.17, 15) is 0 Å². The quantitative estimate of drug-likeness (QED) is 0.544. The van der Waals surface area contributed by atoms with Crippen LogP contribution in [0.1, 0.15) is 30.9 Å². The van der Waals surface area contributed by atoms with Crippen molar-refractivity contribution in [1.82, 2.24) is 5.43 Å². The highest BCUT2D eigenvalue weighted by molar-refractivity contribution is 5.18. The highest BCUT2D eigenvalue weighted by Gasteiger charge is 2.25. The van der Waals surface area contributed by atoms with Crippen LogP contribution in [0.25, 0.3) is 0 Å². The van der Waals surface area contributed by atoms with E-state index in [1.165, 1.54) is 24.8 Å². The molecule has 1 aliphatic carbocycles. The predicted molar refractivity (Wildman–Crippen MR) is 53.8 cm³/mol. The Labute approximate surface area is 79.1 Å². The minimum absolute atomic E-state index is 0.341. The van der Waals surface area contributed by atoms with Gasteiger partial charge in [0.15, 0.2) is 0 Å². The van der Waals surface area contributed by atoms with Crippen molar-refractivity contribution in [3.8, 4) is 0 Å². The summed E-state index contributed by atoms with van der Waals surface area (Å²) >= 11 is 0. The fourth-order valence-electron chi connectivity index (χ4n) is 1.67. The molecular weight excluding hydrogens is 160 g/mol. The minimum Gasteiger partial charge on any atom is -0.271 e. The van der Waals surface area contributed by atoms with Gasteiger partial charge in [0.25, 0.3) is 0 Å². The molecule has 1 unspecified atom stereocenters. The molecule has 1 fully saturated rings. The van der Waals surface area contributed by atoms with Crippen LogP contribution in [0.3, 0.4) is 0 Å². The van der Waals surface area contributed by atoms with E-state index in [1.807, 2.05) is 6.07 Å². The molecule has 3 N–H and O–H groups in total. The van der Waals surface area contributed by atoms with Crippen LogP contribution < -0.4 is 11.3 Å². The SMILES string of the molecule is NNC(CC1CC1)c1ccccc1. The van der Waals surface area contributed by atoms with Crippen LogP contribution in [0.2, 0.25) is 0 Å². The van der Waals surface area contributed by atoms with Crippen molar-refractivity contribution < 1.29 is 0 Å². The molecule has 1 saturated carbocycles. The zero-order valence-corrected chi connectivity index (χ0v) is 7.74. The molecular formula is C11H16N2. The summed E-state index contributed by atoms with van der Waals surface area (Å²) in [4.78, 5) is 0. The van der Waals surface area contributed by atoms with E-state index >= 15 is 0 Å². The van der Waals surface area contributed by atoms with Gasteiger partial charge in [-0.15, -0.1) is 0 Å². The lowest BCUT2D eigenvalue weighted by Crippen LogP contribution is -2.28. The van der Waals surface area contributed by atoms with Crippen LogP contribution in [0.5, 0.6) is 0 Å². The molecule has 0 bridgehead atoms. The molecule has 1 aliphatic rings. The Hall–Kier alpha value is -0.860. The van der Waals surface area contributed by atoms with Crippen LogP contribution in [0.4, 0.5) is 0 Å². The normalized spacial score (nSPS) is 18.5. The molecule has 0 aromatic heterocycles. The second-order valence-corrected chi connectivity index (χ2v) is 3.81. The first-order valence-electron chi connectivity index (χ1n) is 4.91. The van der Waals surface area contributed by atoms with E-state index in [4.69, 9.17) is 5.84 Å². The Kier molecular flexibility index (Phi) is 2.62. The molecule has 70 valence electrons. The number of nitrogens with one attached hydrogen (secondary N) is 1.